The van der Waals surface area contributed by atoms with Crippen LogP contribution in [0.4, 0.5) is 14.6 Å². The molecule has 1 saturated heterocycles. The molecular weight excluding hydrogens is 582 g/mol. The molecule has 45 heavy (non-hydrogen) atoms. The number of hydrogen-bond donors (Lipinski definition) is 0. The van der Waals surface area contributed by atoms with Gasteiger partial charge in [0.2, 0.25) is 5.91 Å². The van der Waals surface area contributed by atoms with Gasteiger partial charge in [0.15, 0.2) is 11.5 Å². The van der Waals surface area contributed by atoms with E-state index in [2.05, 4.69) is 11.6 Å². The number of halogens is 2. The summed E-state index contributed by atoms with van der Waals surface area (Å²) in [5.74, 6) is -0.836. The van der Waals surface area contributed by atoms with Gasteiger partial charge in [0, 0.05) is 45.3 Å². The molecule has 0 spiro atoms. The molecule has 10 nitrogen and oxygen atoms in total. The van der Waals surface area contributed by atoms with E-state index in [0.29, 0.717) is 37.5 Å². The molecule has 0 aliphatic carbocycles. The number of amides is 1. The average Bonchev–Trinajstić information content (AvgIpc) is 3.01. The molecular formula is C33H36F2N6O4. The predicted molar refractivity (Wildman–Crippen MR) is 168 cm³/mol. The van der Waals surface area contributed by atoms with Gasteiger partial charge in [-0.25, -0.2) is 23.1 Å². The highest BCUT2D eigenvalue weighted by atomic mass is 19.1. The Morgan fingerprint density at radius 1 is 1.13 bits per heavy atom. The lowest BCUT2D eigenvalue weighted by Gasteiger charge is -2.41. The van der Waals surface area contributed by atoms with E-state index in [-0.39, 0.29) is 71.0 Å². The number of likely N-dealkylation sites (N-methyl/N-ethyl adjacent to an activating group) is 1. The minimum atomic E-state index is -0.791. The molecule has 1 aromatic carbocycles. The van der Waals surface area contributed by atoms with Crippen molar-refractivity contribution in [1.29, 1.82) is 0 Å². The van der Waals surface area contributed by atoms with Gasteiger partial charge in [-0.3, -0.25) is 4.79 Å². The third-order valence-electron chi connectivity index (χ3n) is 8.51. The molecule has 2 aromatic heterocycles. The maximum absolute atomic E-state index is 16.2. The molecule has 3 aromatic rings. The van der Waals surface area contributed by atoms with Crippen LogP contribution in [0.2, 0.25) is 0 Å². The minimum Gasteiger partial charge on any atom is -0.493 e. The van der Waals surface area contributed by atoms with Gasteiger partial charge in [-0.05, 0) is 43.2 Å². The van der Waals surface area contributed by atoms with Crippen molar-refractivity contribution in [3.63, 3.8) is 0 Å². The first kappa shape index (κ1) is 30.3. The zero-order valence-corrected chi connectivity index (χ0v) is 25.8. The van der Waals surface area contributed by atoms with Crippen LogP contribution in [0.1, 0.15) is 27.2 Å². The van der Waals surface area contributed by atoms with Gasteiger partial charge in [-0.15, -0.1) is 0 Å². The summed E-state index contributed by atoms with van der Waals surface area (Å²) in [6.45, 7) is 11.1. The van der Waals surface area contributed by atoms with Crippen LogP contribution in [0, 0.1) is 17.6 Å². The summed E-state index contributed by atoms with van der Waals surface area (Å²) < 4.78 is 45.3. The zero-order chi connectivity index (χ0) is 32.0. The number of carbonyl (C=O) groups is 1. The summed E-state index contributed by atoms with van der Waals surface area (Å²) in [4.78, 5) is 41.4. The van der Waals surface area contributed by atoms with E-state index < -0.39 is 17.3 Å². The van der Waals surface area contributed by atoms with E-state index >= 15 is 8.78 Å². The number of aromatic nitrogens is 3. The number of benzene rings is 1. The van der Waals surface area contributed by atoms with Crippen molar-refractivity contribution < 1.29 is 23.0 Å². The molecule has 6 rings (SSSR count). The summed E-state index contributed by atoms with van der Waals surface area (Å²) in [5.41, 5.74) is -0.424. The minimum absolute atomic E-state index is 0.0165. The molecule has 3 aliphatic rings. The smallest absolute Gasteiger partial charge is 0.355 e. The lowest BCUT2D eigenvalue weighted by atomic mass is 9.96. The Bertz CT molecular complexity index is 1800. The number of rotatable bonds is 3. The van der Waals surface area contributed by atoms with Crippen molar-refractivity contribution in [3.8, 4) is 17.0 Å². The molecule has 236 valence electrons. The molecule has 2 atom stereocenters. The third-order valence-corrected chi connectivity index (χ3v) is 8.51. The number of carbonyl (C=O) groups excluding carboxylic acids is 1. The van der Waals surface area contributed by atoms with Crippen LogP contribution in [-0.4, -0.2) is 82.2 Å². The Kier molecular flexibility index (Phi) is 8.07. The highest BCUT2D eigenvalue weighted by Gasteiger charge is 2.35. The van der Waals surface area contributed by atoms with Gasteiger partial charge in [0.25, 0.3) is 0 Å². The molecule has 1 fully saturated rings. The van der Waals surface area contributed by atoms with E-state index in [1.807, 2.05) is 43.8 Å². The summed E-state index contributed by atoms with van der Waals surface area (Å²) in [6.07, 6.45) is 5.40. The maximum atomic E-state index is 16.2. The number of fused-ring (bicyclic) bond motifs is 4. The fraction of sp³-hybridized carbons (Fsp3) is 0.394. The molecule has 0 saturated carbocycles. The molecule has 5 heterocycles. The number of nitrogens with zero attached hydrogens (tertiary/aromatic N) is 6. The first-order valence-corrected chi connectivity index (χ1v) is 15.1. The van der Waals surface area contributed by atoms with Gasteiger partial charge in [0.05, 0.1) is 35.9 Å². The van der Waals surface area contributed by atoms with Gasteiger partial charge in [0.1, 0.15) is 28.8 Å². The summed E-state index contributed by atoms with van der Waals surface area (Å²) in [7, 11) is 1.91. The average molecular weight is 619 g/mol. The predicted octanol–water partition coefficient (Wildman–Crippen LogP) is 4.41. The lowest BCUT2D eigenvalue weighted by molar-refractivity contribution is -0.126. The SMILES string of the molecule is C=CC(=O)N1CCN(c2nc(=O)n3c4nc(c(F)cc24)-c2c(F)cccc2OCCCOC2=C3C(C(C)C)N(C)C=C2)[C@@H](C)C1. The van der Waals surface area contributed by atoms with Crippen LogP contribution < -0.4 is 15.3 Å². The molecule has 2 bridgehead atoms. The fourth-order valence-corrected chi connectivity index (χ4v) is 6.45. The first-order valence-electron chi connectivity index (χ1n) is 15.1. The van der Waals surface area contributed by atoms with Crippen molar-refractivity contribution in [2.45, 2.75) is 39.3 Å². The fourth-order valence-electron chi connectivity index (χ4n) is 6.45. The Morgan fingerprint density at radius 3 is 2.64 bits per heavy atom. The number of hydrogen-bond acceptors (Lipinski definition) is 8. The lowest BCUT2D eigenvalue weighted by Crippen LogP contribution is -2.54. The topological polar surface area (TPSA) is 93.0 Å². The van der Waals surface area contributed by atoms with Crippen molar-refractivity contribution in [2.24, 2.45) is 5.92 Å². The third kappa shape index (κ3) is 5.32. The van der Waals surface area contributed by atoms with Gasteiger partial charge in [-0.2, -0.15) is 4.98 Å². The second-order valence-corrected chi connectivity index (χ2v) is 11.9. The van der Waals surface area contributed by atoms with Crippen LogP contribution in [0.15, 0.2) is 59.8 Å². The van der Waals surface area contributed by atoms with E-state index in [1.54, 1.807) is 17.0 Å². The zero-order valence-electron chi connectivity index (χ0n) is 25.8. The number of piperazine rings is 1. The number of pyridine rings is 1. The van der Waals surface area contributed by atoms with Crippen LogP contribution in [-0.2, 0) is 9.53 Å². The highest BCUT2D eigenvalue weighted by molar-refractivity contribution is 5.92. The summed E-state index contributed by atoms with van der Waals surface area (Å²) >= 11 is 0. The summed E-state index contributed by atoms with van der Waals surface area (Å²) in [5, 5.41) is 0.270. The van der Waals surface area contributed by atoms with E-state index in [1.165, 1.54) is 28.8 Å². The normalized spacial score (nSPS) is 20.2. The molecule has 1 unspecified atom stereocenters. The van der Waals surface area contributed by atoms with Crippen molar-refractivity contribution in [2.75, 3.05) is 44.8 Å². The second kappa shape index (κ2) is 12.0. The Morgan fingerprint density at radius 2 is 1.91 bits per heavy atom. The standard InChI is InChI=1S/C33H36F2N6O4/c1-6-26(42)39-13-14-40(20(4)18-39)31-21-17-23(35)28-27-22(34)9-7-10-24(27)44-15-8-16-45-25-11-12-38(5)29(19(2)3)30(25)41(32(21)36-28)33(43)37-31/h6-7,9-12,17,19-20,29H,1,8,13-16,18H2,2-5H3/t20-,29?/m0/s1. The van der Waals surface area contributed by atoms with E-state index in [4.69, 9.17) is 14.5 Å². The summed E-state index contributed by atoms with van der Waals surface area (Å²) in [6, 6.07) is 4.95. The second-order valence-electron chi connectivity index (χ2n) is 11.9. The van der Waals surface area contributed by atoms with Gasteiger partial charge >= 0.3 is 5.69 Å². The molecule has 3 aliphatic heterocycles. The van der Waals surface area contributed by atoms with Crippen LogP contribution >= 0.6 is 0 Å². The van der Waals surface area contributed by atoms with E-state index in [9.17, 15) is 9.59 Å². The maximum Gasteiger partial charge on any atom is 0.355 e. The monoisotopic (exact) mass is 618 g/mol. The van der Waals surface area contributed by atoms with Crippen LogP contribution in [0.25, 0.3) is 28.0 Å². The quantitative estimate of drug-likeness (QED) is 0.399. The van der Waals surface area contributed by atoms with Crippen molar-refractivity contribution in [3.05, 3.63) is 77.1 Å². The number of anilines is 1. The van der Waals surface area contributed by atoms with Crippen LogP contribution in [0.5, 0.6) is 5.75 Å². The Hall–Kier alpha value is -4.74. The molecule has 12 heteroatoms. The molecule has 0 radical (unpaired) electrons. The van der Waals surface area contributed by atoms with Crippen molar-refractivity contribution >= 4 is 28.5 Å². The number of ether oxygens (including phenoxy) is 2. The largest absolute Gasteiger partial charge is 0.493 e. The Labute approximate surface area is 259 Å². The van der Waals surface area contributed by atoms with E-state index in [0.717, 1.165) is 0 Å². The molecule has 0 N–H and O–H groups in total. The highest BCUT2D eigenvalue weighted by Crippen LogP contribution is 2.38. The molecule has 1 amide bonds. The van der Waals surface area contributed by atoms with Crippen LogP contribution in [0.3, 0.4) is 0 Å². The van der Waals surface area contributed by atoms with Crippen molar-refractivity contribution in [1.82, 2.24) is 24.3 Å². The first-order chi connectivity index (χ1) is 21.6. The Balaban J connectivity index is 1.67. The number of allylic oxidation sites excluding steroid dienone is 1. The van der Waals surface area contributed by atoms with Gasteiger partial charge < -0.3 is 24.2 Å². The van der Waals surface area contributed by atoms with Gasteiger partial charge in [-0.1, -0.05) is 26.5 Å².